The van der Waals surface area contributed by atoms with Crippen molar-refractivity contribution in [1.29, 1.82) is 0 Å². The van der Waals surface area contributed by atoms with Gasteiger partial charge in [0.05, 0.1) is 18.2 Å². The maximum Gasteiger partial charge on any atom is 0.311 e. The molecule has 0 amide bonds. The molecule has 1 aromatic carbocycles. The predicted molar refractivity (Wildman–Crippen MR) is 88.0 cm³/mol. The van der Waals surface area contributed by atoms with Crippen LogP contribution in [0.1, 0.15) is 19.5 Å². The van der Waals surface area contributed by atoms with Crippen molar-refractivity contribution < 1.29 is 9.66 Å². The first kappa shape index (κ1) is 15.3. The molecular weight excluding hydrogens is 296 g/mol. The zero-order valence-corrected chi connectivity index (χ0v) is 13.7. The van der Waals surface area contributed by atoms with Crippen LogP contribution in [0.5, 0.6) is 5.75 Å². The number of nitro benzene ring substituents is 1. The molecule has 0 radical (unpaired) electrons. The molecule has 0 fully saturated rings. The molecule has 23 heavy (non-hydrogen) atoms. The molecule has 0 N–H and O–H groups in total. The number of nitrogens with zero attached hydrogens (tertiary/aromatic N) is 4. The van der Waals surface area contributed by atoms with Gasteiger partial charge in [0.15, 0.2) is 5.75 Å². The predicted octanol–water partition coefficient (Wildman–Crippen LogP) is 2.77. The van der Waals surface area contributed by atoms with Crippen molar-refractivity contribution in [2.45, 2.75) is 26.3 Å². The highest BCUT2D eigenvalue weighted by atomic mass is 16.6. The smallest absolute Gasteiger partial charge is 0.311 e. The monoisotopic (exact) mass is 316 g/mol. The van der Waals surface area contributed by atoms with Crippen LogP contribution in [-0.4, -0.2) is 34.4 Å². The van der Waals surface area contributed by atoms with Crippen LogP contribution < -0.4 is 9.64 Å². The van der Waals surface area contributed by atoms with Crippen LogP contribution in [0.3, 0.4) is 0 Å². The Morgan fingerprint density at radius 2 is 2.09 bits per heavy atom. The Bertz CT molecular complexity index is 767. The summed E-state index contributed by atoms with van der Waals surface area (Å²) in [6.07, 6.45) is 2.63. The maximum atomic E-state index is 11.4. The van der Waals surface area contributed by atoms with Crippen molar-refractivity contribution in [3.8, 4) is 16.9 Å². The molecule has 1 aliphatic rings. The summed E-state index contributed by atoms with van der Waals surface area (Å²) in [5.74, 6) is 0.284. The van der Waals surface area contributed by atoms with Crippen LogP contribution >= 0.6 is 0 Å². The van der Waals surface area contributed by atoms with Gasteiger partial charge in [0.25, 0.3) is 0 Å². The number of hydrogen-bond donors (Lipinski definition) is 0. The Kier molecular flexibility index (Phi) is 3.71. The first-order chi connectivity index (χ1) is 10.9. The Morgan fingerprint density at radius 3 is 2.70 bits per heavy atom. The second-order valence-corrected chi connectivity index (χ2v) is 5.96. The van der Waals surface area contributed by atoms with Crippen LogP contribution in [-0.2, 0) is 13.5 Å². The van der Waals surface area contributed by atoms with E-state index in [-0.39, 0.29) is 17.5 Å². The number of ether oxygens (including phenoxy) is 1. The molecule has 0 atom stereocenters. The van der Waals surface area contributed by atoms with E-state index in [4.69, 9.17) is 4.74 Å². The molecule has 0 saturated heterocycles. The highest BCUT2D eigenvalue weighted by Crippen LogP contribution is 2.43. The van der Waals surface area contributed by atoms with Gasteiger partial charge in [0.2, 0.25) is 0 Å². The molecule has 0 bridgehead atoms. The average Bonchev–Trinajstić information content (AvgIpc) is 2.78. The van der Waals surface area contributed by atoms with Crippen LogP contribution in [0.25, 0.3) is 11.1 Å². The first-order valence-corrected chi connectivity index (χ1v) is 7.58. The van der Waals surface area contributed by atoms with Gasteiger partial charge >= 0.3 is 5.69 Å². The van der Waals surface area contributed by atoms with Gasteiger partial charge in [-0.2, -0.15) is 5.10 Å². The minimum absolute atomic E-state index is 0.0216. The van der Waals surface area contributed by atoms with E-state index < -0.39 is 4.92 Å². The van der Waals surface area contributed by atoms with Gasteiger partial charge in [-0.3, -0.25) is 14.8 Å². The lowest BCUT2D eigenvalue weighted by atomic mass is 10.0. The van der Waals surface area contributed by atoms with Crippen LogP contribution in [0.4, 0.5) is 11.4 Å². The summed E-state index contributed by atoms with van der Waals surface area (Å²) >= 11 is 0. The van der Waals surface area contributed by atoms with Gasteiger partial charge in [-0.15, -0.1) is 0 Å². The van der Waals surface area contributed by atoms with E-state index in [1.807, 2.05) is 11.7 Å². The summed E-state index contributed by atoms with van der Waals surface area (Å²) in [4.78, 5) is 13.2. The lowest BCUT2D eigenvalue weighted by molar-refractivity contribution is -0.385. The minimum atomic E-state index is -0.403. The third kappa shape index (κ3) is 2.42. The van der Waals surface area contributed by atoms with E-state index in [9.17, 15) is 10.1 Å². The Balaban J connectivity index is 2.31. The van der Waals surface area contributed by atoms with Crippen molar-refractivity contribution in [2.75, 3.05) is 18.6 Å². The fraction of sp³-hybridized carbons (Fsp3) is 0.438. The topological polar surface area (TPSA) is 73.4 Å². The Hall–Kier alpha value is -2.57. The summed E-state index contributed by atoms with van der Waals surface area (Å²) in [7, 11) is 3.36. The van der Waals surface area contributed by atoms with Crippen molar-refractivity contribution in [2.24, 2.45) is 7.05 Å². The number of hydrogen-bond acceptors (Lipinski definition) is 5. The summed E-state index contributed by atoms with van der Waals surface area (Å²) in [6.45, 7) is 5.07. The highest BCUT2D eigenvalue weighted by Gasteiger charge is 2.28. The first-order valence-electron chi connectivity index (χ1n) is 7.58. The second-order valence-electron chi connectivity index (χ2n) is 5.96. The quantitative estimate of drug-likeness (QED) is 0.643. The van der Waals surface area contributed by atoms with E-state index >= 15 is 0 Å². The normalized spacial score (nSPS) is 13.5. The highest BCUT2D eigenvalue weighted by molar-refractivity contribution is 5.85. The van der Waals surface area contributed by atoms with E-state index in [1.165, 1.54) is 7.11 Å². The fourth-order valence-corrected chi connectivity index (χ4v) is 3.18. The third-order valence-electron chi connectivity index (χ3n) is 4.37. The molecule has 1 aliphatic heterocycles. The summed E-state index contributed by atoms with van der Waals surface area (Å²) in [6, 6.07) is 3.66. The average molecular weight is 316 g/mol. The zero-order chi connectivity index (χ0) is 16.7. The van der Waals surface area contributed by atoms with Crippen LogP contribution in [0.2, 0.25) is 0 Å². The SMILES string of the molecule is COc1cc2c(cc1[N+](=O)[O-])-c1cnn(C)c1CCN2C(C)C. The lowest BCUT2D eigenvalue weighted by Gasteiger charge is -2.29. The molecule has 0 unspecified atom stereocenters. The largest absolute Gasteiger partial charge is 0.490 e. The van der Waals surface area contributed by atoms with Gasteiger partial charge in [-0.05, 0) is 13.8 Å². The van der Waals surface area contributed by atoms with E-state index in [0.717, 1.165) is 35.5 Å². The van der Waals surface area contributed by atoms with Gasteiger partial charge in [-0.25, -0.2) is 0 Å². The standard InChI is InChI=1S/C16H20N4O3/c1-10(2)19-6-5-13-12(9-17-18(13)3)11-7-15(20(21)22)16(23-4)8-14(11)19/h7-10H,5-6H2,1-4H3. The van der Waals surface area contributed by atoms with Gasteiger partial charge in [-0.1, -0.05) is 0 Å². The minimum Gasteiger partial charge on any atom is -0.490 e. The Labute approximate surface area is 134 Å². The van der Waals surface area contributed by atoms with E-state index in [1.54, 1.807) is 18.3 Å². The second kappa shape index (κ2) is 5.57. The van der Waals surface area contributed by atoms with Gasteiger partial charge in [0.1, 0.15) is 0 Å². The van der Waals surface area contributed by atoms with Gasteiger partial charge < -0.3 is 9.64 Å². The van der Waals surface area contributed by atoms with Gasteiger partial charge in [0, 0.05) is 60.7 Å². The molecule has 2 aromatic rings. The summed E-state index contributed by atoms with van der Waals surface area (Å²) in [5.41, 5.74) is 3.82. The van der Waals surface area contributed by atoms with Crippen LogP contribution in [0, 0.1) is 10.1 Å². The number of benzene rings is 1. The molecule has 7 heteroatoms. The molecule has 1 aromatic heterocycles. The fourth-order valence-electron chi connectivity index (χ4n) is 3.18. The number of aromatic nitrogens is 2. The molecule has 0 saturated carbocycles. The molecule has 0 spiro atoms. The number of rotatable bonds is 3. The van der Waals surface area contributed by atoms with E-state index in [2.05, 4.69) is 23.8 Å². The molecule has 0 aliphatic carbocycles. The number of anilines is 1. The summed E-state index contributed by atoms with van der Waals surface area (Å²) < 4.78 is 7.09. The zero-order valence-electron chi connectivity index (χ0n) is 13.7. The maximum absolute atomic E-state index is 11.4. The number of nitro groups is 1. The van der Waals surface area contributed by atoms with Crippen molar-refractivity contribution in [1.82, 2.24) is 9.78 Å². The third-order valence-corrected chi connectivity index (χ3v) is 4.37. The number of methoxy groups -OCH3 is 1. The van der Waals surface area contributed by atoms with E-state index in [0.29, 0.717) is 0 Å². The molecular formula is C16H20N4O3. The van der Waals surface area contributed by atoms with Crippen molar-refractivity contribution in [3.63, 3.8) is 0 Å². The lowest BCUT2D eigenvalue weighted by Crippen LogP contribution is -2.32. The van der Waals surface area contributed by atoms with Crippen molar-refractivity contribution in [3.05, 3.63) is 34.1 Å². The Morgan fingerprint density at radius 1 is 1.35 bits per heavy atom. The van der Waals surface area contributed by atoms with Crippen LogP contribution in [0.15, 0.2) is 18.3 Å². The summed E-state index contributed by atoms with van der Waals surface area (Å²) in [5, 5.41) is 15.7. The molecule has 7 nitrogen and oxygen atoms in total. The molecule has 122 valence electrons. The number of aryl methyl sites for hydroxylation is 1. The molecule has 3 rings (SSSR count). The van der Waals surface area contributed by atoms with Crippen molar-refractivity contribution >= 4 is 11.4 Å². The number of fused-ring (bicyclic) bond motifs is 3. The molecule has 2 heterocycles.